The smallest absolute Gasteiger partial charge is 0.354 e. The number of aromatic carboxylic acids is 1. The van der Waals surface area contributed by atoms with Crippen LogP contribution in [0.2, 0.25) is 0 Å². The molecule has 0 radical (unpaired) electrons. The summed E-state index contributed by atoms with van der Waals surface area (Å²) in [7, 11) is 0. The maximum absolute atomic E-state index is 11.8. The van der Waals surface area contributed by atoms with Crippen molar-refractivity contribution in [3.63, 3.8) is 0 Å². The summed E-state index contributed by atoms with van der Waals surface area (Å²) in [5.41, 5.74) is 1.30. The number of carboxylic acids is 1. The van der Waals surface area contributed by atoms with Crippen molar-refractivity contribution in [3.8, 4) is 0 Å². The summed E-state index contributed by atoms with van der Waals surface area (Å²) in [6.07, 6.45) is 1.17. The Labute approximate surface area is 103 Å². The molecule has 1 amide bonds. The summed E-state index contributed by atoms with van der Waals surface area (Å²) in [6.45, 7) is 1.93. The van der Waals surface area contributed by atoms with E-state index in [0.717, 1.165) is 5.56 Å². The number of amides is 1. The zero-order chi connectivity index (χ0) is 13.1. The molecule has 0 aliphatic carbocycles. The molecule has 6 nitrogen and oxygen atoms in total. The standard InChI is InChI=1S/C12H11N3O3/c1-7-2-4-8(5-3-7)15-11(16)9-10(12(17)18)14-6-13-9/h2-6H,1H3,(H,13,14)(H,15,16)(H,17,18). The number of nitrogens with zero attached hydrogens (tertiary/aromatic N) is 1. The number of hydrogen-bond donors (Lipinski definition) is 3. The molecular weight excluding hydrogens is 234 g/mol. The summed E-state index contributed by atoms with van der Waals surface area (Å²) >= 11 is 0. The molecule has 3 N–H and O–H groups in total. The van der Waals surface area contributed by atoms with Gasteiger partial charge in [-0.1, -0.05) is 17.7 Å². The van der Waals surface area contributed by atoms with E-state index in [4.69, 9.17) is 5.11 Å². The minimum absolute atomic E-state index is 0.136. The van der Waals surface area contributed by atoms with E-state index in [1.165, 1.54) is 6.33 Å². The molecule has 0 saturated heterocycles. The molecule has 92 valence electrons. The van der Waals surface area contributed by atoms with E-state index in [2.05, 4.69) is 15.3 Å². The summed E-state index contributed by atoms with van der Waals surface area (Å²) < 4.78 is 0. The second-order valence-corrected chi connectivity index (χ2v) is 3.75. The van der Waals surface area contributed by atoms with Gasteiger partial charge in [0.2, 0.25) is 0 Å². The van der Waals surface area contributed by atoms with E-state index in [1.807, 2.05) is 19.1 Å². The van der Waals surface area contributed by atoms with Gasteiger partial charge in [-0.2, -0.15) is 0 Å². The number of rotatable bonds is 3. The van der Waals surface area contributed by atoms with Gasteiger partial charge in [0.1, 0.15) is 0 Å². The average molecular weight is 245 g/mol. The molecule has 1 aromatic carbocycles. The molecular formula is C12H11N3O3. The summed E-state index contributed by atoms with van der Waals surface area (Å²) in [4.78, 5) is 28.8. The van der Waals surface area contributed by atoms with Gasteiger partial charge in [0.05, 0.1) is 6.33 Å². The van der Waals surface area contributed by atoms with Gasteiger partial charge < -0.3 is 15.4 Å². The minimum Gasteiger partial charge on any atom is -0.477 e. The first-order chi connectivity index (χ1) is 8.58. The number of nitrogens with one attached hydrogen (secondary N) is 2. The van der Waals surface area contributed by atoms with Crippen molar-refractivity contribution in [1.82, 2.24) is 9.97 Å². The Morgan fingerprint density at radius 1 is 1.28 bits per heavy atom. The molecule has 0 spiro atoms. The zero-order valence-corrected chi connectivity index (χ0v) is 9.60. The van der Waals surface area contributed by atoms with E-state index in [9.17, 15) is 9.59 Å². The number of anilines is 1. The highest BCUT2D eigenvalue weighted by Gasteiger charge is 2.19. The molecule has 0 fully saturated rings. The lowest BCUT2D eigenvalue weighted by Gasteiger charge is -2.04. The van der Waals surface area contributed by atoms with E-state index in [0.29, 0.717) is 5.69 Å². The molecule has 2 rings (SSSR count). The number of aromatic nitrogens is 2. The summed E-state index contributed by atoms with van der Waals surface area (Å²) in [5, 5.41) is 11.4. The first kappa shape index (κ1) is 11.8. The average Bonchev–Trinajstić information content (AvgIpc) is 2.81. The number of carbonyl (C=O) groups is 2. The van der Waals surface area contributed by atoms with Crippen molar-refractivity contribution in [2.75, 3.05) is 5.32 Å². The van der Waals surface area contributed by atoms with E-state index >= 15 is 0 Å². The van der Waals surface area contributed by atoms with Crippen LogP contribution in [0.15, 0.2) is 30.6 Å². The van der Waals surface area contributed by atoms with Crippen LogP contribution in [-0.2, 0) is 0 Å². The molecule has 2 aromatic rings. The van der Waals surface area contributed by atoms with Gasteiger partial charge in [-0.05, 0) is 19.1 Å². The van der Waals surface area contributed by atoms with Crippen molar-refractivity contribution in [3.05, 3.63) is 47.5 Å². The molecule has 0 aliphatic heterocycles. The molecule has 0 unspecified atom stereocenters. The number of aryl methyl sites for hydroxylation is 1. The fourth-order valence-electron chi connectivity index (χ4n) is 1.46. The zero-order valence-electron chi connectivity index (χ0n) is 9.60. The van der Waals surface area contributed by atoms with Crippen LogP contribution in [0.25, 0.3) is 0 Å². The van der Waals surface area contributed by atoms with Gasteiger partial charge in [-0.3, -0.25) is 4.79 Å². The van der Waals surface area contributed by atoms with Crippen LogP contribution in [0.4, 0.5) is 5.69 Å². The normalized spacial score (nSPS) is 10.1. The van der Waals surface area contributed by atoms with E-state index in [-0.39, 0.29) is 11.4 Å². The van der Waals surface area contributed by atoms with Crippen LogP contribution < -0.4 is 5.32 Å². The first-order valence-electron chi connectivity index (χ1n) is 5.22. The molecule has 0 bridgehead atoms. The van der Waals surface area contributed by atoms with Gasteiger partial charge in [-0.15, -0.1) is 0 Å². The third kappa shape index (κ3) is 2.37. The first-order valence-corrected chi connectivity index (χ1v) is 5.22. The third-order valence-corrected chi connectivity index (χ3v) is 2.38. The van der Waals surface area contributed by atoms with Crippen molar-refractivity contribution in [1.29, 1.82) is 0 Å². The predicted octanol–water partition coefficient (Wildman–Crippen LogP) is 1.67. The Balaban J connectivity index is 2.19. The molecule has 6 heteroatoms. The SMILES string of the molecule is Cc1ccc(NC(=O)c2nc[nH]c2C(=O)O)cc1. The van der Waals surface area contributed by atoms with Crippen LogP contribution in [-0.4, -0.2) is 27.0 Å². The Kier molecular flexibility index (Phi) is 3.09. The van der Waals surface area contributed by atoms with Crippen LogP contribution in [0.3, 0.4) is 0 Å². The monoisotopic (exact) mass is 245 g/mol. The Hall–Kier alpha value is -2.63. The van der Waals surface area contributed by atoms with Crippen LogP contribution >= 0.6 is 0 Å². The van der Waals surface area contributed by atoms with E-state index in [1.54, 1.807) is 12.1 Å². The molecule has 0 aliphatic rings. The van der Waals surface area contributed by atoms with Crippen molar-refractivity contribution < 1.29 is 14.7 Å². The lowest BCUT2D eigenvalue weighted by molar-refractivity contribution is 0.0686. The lowest BCUT2D eigenvalue weighted by Crippen LogP contribution is -2.16. The molecule has 1 aromatic heterocycles. The number of carbonyl (C=O) groups excluding carboxylic acids is 1. The second-order valence-electron chi connectivity index (χ2n) is 3.75. The van der Waals surface area contributed by atoms with Gasteiger partial charge in [0.15, 0.2) is 11.4 Å². The summed E-state index contributed by atoms with van der Waals surface area (Å²) in [5.74, 6) is -1.78. The Morgan fingerprint density at radius 2 is 1.94 bits per heavy atom. The molecule has 0 saturated carbocycles. The van der Waals surface area contributed by atoms with Gasteiger partial charge >= 0.3 is 5.97 Å². The van der Waals surface area contributed by atoms with Crippen molar-refractivity contribution >= 4 is 17.6 Å². The van der Waals surface area contributed by atoms with Crippen molar-refractivity contribution in [2.45, 2.75) is 6.92 Å². The fraction of sp³-hybridized carbons (Fsp3) is 0.0833. The molecule has 18 heavy (non-hydrogen) atoms. The van der Waals surface area contributed by atoms with Gasteiger partial charge in [-0.25, -0.2) is 9.78 Å². The maximum atomic E-state index is 11.8. The van der Waals surface area contributed by atoms with Crippen LogP contribution in [0.5, 0.6) is 0 Å². The number of hydrogen-bond acceptors (Lipinski definition) is 3. The number of H-pyrrole nitrogens is 1. The van der Waals surface area contributed by atoms with E-state index < -0.39 is 11.9 Å². The highest BCUT2D eigenvalue weighted by Crippen LogP contribution is 2.11. The molecule has 0 atom stereocenters. The third-order valence-electron chi connectivity index (χ3n) is 2.38. The van der Waals surface area contributed by atoms with Crippen LogP contribution in [0, 0.1) is 6.92 Å². The highest BCUT2D eigenvalue weighted by molar-refractivity contribution is 6.08. The summed E-state index contributed by atoms with van der Waals surface area (Å²) in [6, 6.07) is 7.16. The van der Waals surface area contributed by atoms with Crippen molar-refractivity contribution in [2.24, 2.45) is 0 Å². The maximum Gasteiger partial charge on any atom is 0.354 e. The number of benzene rings is 1. The molecule has 1 heterocycles. The Morgan fingerprint density at radius 3 is 2.56 bits per heavy atom. The fourth-order valence-corrected chi connectivity index (χ4v) is 1.46. The minimum atomic E-state index is -1.22. The second kappa shape index (κ2) is 4.70. The lowest BCUT2D eigenvalue weighted by atomic mass is 10.2. The predicted molar refractivity (Wildman–Crippen MR) is 64.7 cm³/mol. The Bertz CT molecular complexity index is 587. The van der Waals surface area contributed by atoms with Crippen LogP contribution in [0.1, 0.15) is 26.5 Å². The van der Waals surface area contributed by atoms with Gasteiger partial charge in [0.25, 0.3) is 5.91 Å². The quantitative estimate of drug-likeness (QED) is 0.766. The number of carboxylic acid groups (broad SMARTS) is 1. The highest BCUT2D eigenvalue weighted by atomic mass is 16.4. The number of aromatic amines is 1. The topological polar surface area (TPSA) is 95.1 Å². The largest absolute Gasteiger partial charge is 0.477 e. The number of imidazole rings is 1. The van der Waals surface area contributed by atoms with Gasteiger partial charge in [0, 0.05) is 5.69 Å².